The molecular weight excluding hydrogens is 272 g/mol. The average Bonchev–Trinajstić information content (AvgIpc) is 2.40. The lowest BCUT2D eigenvalue weighted by Crippen LogP contribution is -2.56. The molecule has 6 nitrogen and oxygen atoms in total. The molecule has 2 fully saturated rings. The van der Waals surface area contributed by atoms with E-state index in [1.54, 1.807) is 0 Å². The first kappa shape index (κ1) is 16.1. The quantitative estimate of drug-likeness (QED) is 0.811. The molecule has 2 amide bonds. The highest BCUT2D eigenvalue weighted by molar-refractivity contribution is 5.75. The van der Waals surface area contributed by atoms with Gasteiger partial charge in [0, 0.05) is 13.1 Å². The fourth-order valence-corrected chi connectivity index (χ4v) is 3.21. The van der Waals surface area contributed by atoms with Crippen LogP contribution in [0.4, 0.5) is 4.79 Å². The van der Waals surface area contributed by atoms with E-state index in [0.29, 0.717) is 19.7 Å². The number of nitrogens with zero attached hydrogens (tertiary/aromatic N) is 1. The van der Waals surface area contributed by atoms with E-state index in [0.717, 1.165) is 25.7 Å². The highest BCUT2D eigenvalue weighted by Gasteiger charge is 2.40. The smallest absolute Gasteiger partial charge is 0.317 e. The van der Waals surface area contributed by atoms with Gasteiger partial charge in [0.1, 0.15) is 0 Å². The van der Waals surface area contributed by atoms with Crippen molar-refractivity contribution in [2.24, 2.45) is 5.41 Å². The van der Waals surface area contributed by atoms with E-state index in [1.165, 1.54) is 0 Å². The van der Waals surface area contributed by atoms with Crippen molar-refractivity contribution < 1.29 is 19.4 Å². The van der Waals surface area contributed by atoms with Crippen molar-refractivity contribution in [2.75, 3.05) is 19.7 Å². The fraction of sp³-hybridized carbons (Fsp3) is 0.867. The molecule has 2 aliphatic rings. The van der Waals surface area contributed by atoms with Crippen molar-refractivity contribution in [3.8, 4) is 0 Å². The highest BCUT2D eigenvalue weighted by atomic mass is 16.5. The van der Waals surface area contributed by atoms with Gasteiger partial charge in [-0.1, -0.05) is 13.3 Å². The van der Waals surface area contributed by atoms with Gasteiger partial charge in [0.2, 0.25) is 0 Å². The number of aliphatic carboxylic acids is 1. The Bertz CT molecular complexity index is 395. The normalized spacial score (nSPS) is 27.8. The van der Waals surface area contributed by atoms with Gasteiger partial charge in [0.05, 0.1) is 25.2 Å². The monoisotopic (exact) mass is 298 g/mol. The summed E-state index contributed by atoms with van der Waals surface area (Å²) in [5, 5.41) is 12.0. The summed E-state index contributed by atoms with van der Waals surface area (Å²) in [6.45, 7) is 5.63. The second kappa shape index (κ2) is 6.64. The Morgan fingerprint density at radius 2 is 2.14 bits per heavy atom. The van der Waals surface area contributed by atoms with Crippen LogP contribution in [0.2, 0.25) is 0 Å². The molecule has 2 unspecified atom stereocenters. The number of carboxylic acid groups (broad SMARTS) is 1. The van der Waals surface area contributed by atoms with Gasteiger partial charge in [-0.15, -0.1) is 0 Å². The van der Waals surface area contributed by atoms with E-state index in [1.807, 2.05) is 18.7 Å². The Morgan fingerprint density at radius 1 is 1.43 bits per heavy atom. The Hall–Kier alpha value is -1.30. The molecule has 0 radical (unpaired) electrons. The molecule has 6 heteroatoms. The third kappa shape index (κ3) is 3.87. The summed E-state index contributed by atoms with van der Waals surface area (Å²) in [6, 6.07) is 0.0201. The van der Waals surface area contributed by atoms with E-state index < -0.39 is 5.97 Å². The van der Waals surface area contributed by atoms with Crippen LogP contribution < -0.4 is 5.32 Å². The Labute approximate surface area is 125 Å². The Kier molecular flexibility index (Phi) is 5.08. The van der Waals surface area contributed by atoms with E-state index >= 15 is 0 Å². The Morgan fingerprint density at radius 3 is 2.67 bits per heavy atom. The zero-order chi connectivity index (χ0) is 15.5. The van der Waals surface area contributed by atoms with E-state index in [9.17, 15) is 9.59 Å². The largest absolute Gasteiger partial charge is 0.481 e. The van der Waals surface area contributed by atoms with Crippen molar-refractivity contribution in [1.82, 2.24) is 10.2 Å². The standard InChI is InChI=1S/C15H26N2O4/c1-3-12-9-21-11(2)8-17(12)14(20)16-10-15(5-4-6-15)7-13(18)19/h11-12H,3-10H2,1-2H3,(H,16,20)(H,18,19). The molecule has 0 aromatic heterocycles. The topological polar surface area (TPSA) is 78.9 Å². The summed E-state index contributed by atoms with van der Waals surface area (Å²) in [5.74, 6) is -0.782. The van der Waals surface area contributed by atoms with Crippen LogP contribution in [0.5, 0.6) is 0 Å². The maximum atomic E-state index is 12.4. The maximum Gasteiger partial charge on any atom is 0.317 e. The summed E-state index contributed by atoms with van der Waals surface area (Å²) < 4.78 is 5.59. The molecule has 1 heterocycles. The van der Waals surface area contributed by atoms with Gasteiger partial charge in [-0.25, -0.2) is 4.79 Å². The number of carboxylic acids is 1. The molecule has 2 atom stereocenters. The lowest BCUT2D eigenvalue weighted by Gasteiger charge is -2.43. The maximum absolute atomic E-state index is 12.4. The van der Waals surface area contributed by atoms with Crippen LogP contribution >= 0.6 is 0 Å². The van der Waals surface area contributed by atoms with Crippen LogP contribution in [-0.4, -0.2) is 53.8 Å². The van der Waals surface area contributed by atoms with Gasteiger partial charge in [0.25, 0.3) is 0 Å². The summed E-state index contributed by atoms with van der Waals surface area (Å²) in [4.78, 5) is 25.2. The molecule has 0 spiro atoms. The second-order valence-electron chi connectivity index (χ2n) is 6.44. The molecule has 1 saturated carbocycles. The predicted octanol–water partition coefficient (Wildman–Crippen LogP) is 1.84. The van der Waals surface area contributed by atoms with Crippen LogP contribution in [0, 0.1) is 5.41 Å². The molecule has 0 aromatic carbocycles. The minimum absolute atomic E-state index is 0.0511. The average molecular weight is 298 g/mol. The number of rotatable bonds is 5. The summed E-state index contributed by atoms with van der Waals surface area (Å²) in [6.07, 6.45) is 3.88. The number of carbonyl (C=O) groups is 2. The van der Waals surface area contributed by atoms with Gasteiger partial charge >= 0.3 is 12.0 Å². The van der Waals surface area contributed by atoms with Crippen LogP contribution in [0.15, 0.2) is 0 Å². The number of ether oxygens (including phenoxy) is 1. The lowest BCUT2D eigenvalue weighted by atomic mass is 9.66. The molecule has 2 N–H and O–H groups in total. The lowest BCUT2D eigenvalue weighted by molar-refractivity contribution is -0.141. The van der Waals surface area contributed by atoms with Gasteiger partial charge in [-0.3, -0.25) is 4.79 Å². The number of hydrogen-bond acceptors (Lipinski definition) is 3. The molecule has 21 heavy (non-hydrogen) atoms. The zero-order valence-electron chi connectivity index (χ0n) is 12.9. The van der Waals surface area contributed by atoms with Crippen LogP contribution in [0.3, 0.4) is 0 Å². The molecule has 0 bridgehead atoms. The fourth-order valence-electron chi connectivity index (χ4n) is 3.21. The number of hydrogen-bond donors (Lipinski definition) is 2. The first-order valence-electron chi connectivity index (χ1n) is 7.83. The second-order valence-corrected chi connectivity index (χ2v) is 6.44. The zero-order valence-corrected chi connectivity index (χ0v) is 12.9. The number of carbonyl (C=O) groups excluding carboxylic acids is 1. The van der Waals surface area contributed by atoms with Crippen LogP contribution in [0.1, 0.15) is 46.0 Å². The van der Waals surface area contributed by atoms with Crippen molar-refractivity contribution in [3.05, 3.63) is 0 Å². The summed E-state index contributed by atoms with van der Waals surface area (Å²) in [7, 11) is 0. The van der Waals surface area contributed by atoms with Crippen molar-refractivity contribution in [2.45, 2.75) is 58.1 Å². The SMILES string of the molecule is CCC1COC(C)CN1C(=O)NCC1(CC(=O)O)CCC1. The third-order valence-corrected chi connectivity index (χ3v) is 4.75. The highest BCUT2D eigenvalue weighted by Crippen LogP contribution is 2.43. The molecule has 1 saturated heterocycles. The van der Waals surface area contributed by atoms with E-state index in [-0.39, 0.29) is 30.0 Å². The first-order valence-corrected chi connectivity index (χ1v) is 7.83. The van der Waals surface area contributed by atoms with E-state index in [2.05, 4.69) is 5.32 Å². The predicted molar refractivity (Wildman–Crippen MR) is 78.1 cm³/mol. The molecule has 1 aliphatic carbocycles. The third-order valence-electron chi connectivity index (χ3n) is 4.75. The van der Waals surface area contributed by atoms with Crippen LogP contribution in [-0.2, 0) is 9.53 Å². The summed E-state index contributed by atoms with van der Waals surface area (Å²) >= 11 is 0. The minimum Gasteiger partial charge on any atom is -0.481 e. The van der Waals surface area contributed by atoms with Crippen molar-refractivity contribution in [1.29, 1.82) is 0 Å². The number of morpholine rings is 1. The number of amides is 2. The van der Waals surface area contributed by atoms with Crippen molar-refractivity contribution in [3.63, 3.8) is 0 Å². The molecular formula is C15H26N2O4. The van der Waals surface area contributed by atoms with E-state index in [4.69, 9.17) is 9.84 Å². The van der Waals surface area contributed by atoms with Crippen LogP contribution in [0.25, 0.3) is 0 Å². The minimum atomic E-state index is -0.782. The summed E-state index contributed by atoms with van der Waals surface area (Å²) in [5.41, 5.74) is -0.235. The molecule has 2 rings (SSSR count). The first-order chi connectivity index (χ1) is 9.96. The van der Waals surface area contributed by atoms with Gasteiger partial charge in [0.15, 0.2) is 0 Å². The van der Waals surface area contributed by atoms with Gasteiger partial charge in [-0.2, -0.15) is 0 Å². The number of urea groups is 1. The van der Waals surface area contributed by atoms with Crippen molar-refractivity contribution >= 4 is 12.0 Å². The Balaban J connectivity index is 1.89. The molecule has 120 valence electrons. The van der Waals surface area contributed by atoms with Gasteiger partial charge in [-0.05, 0) is 31.6 Å². The molecule has 1 aliphatic heterocycles. The number of nitrogens with one attached hydrogen (secondary N) is 1. The van der Waals surface area contributed by atoms with Gasteiger partial charge < -0.3 is 20.1 Å². The molecule has 0 aromatic rings.